The highest BCUT2D eigenvalue weighted by Crippen LogP contribution is 2.31. The van der Waals surface area contributed by atoms with Gasteiger partial charge in [0.25, 0.3) is 0 Å². The van der Waals surface area contributed by atoms with Crippen molar-refractivity contribution < 1.29 is 4.79 Å². The van der Waals surface area contributed by atoms with E-state index < -0.39 is 5.54 Å². The summed E-state index contributed by atoms with van der Waals surface area (Å²) in [6.07, 6.45) is 2.69. The van der Waals surface area contributed by atoms with Gasteiger partial charge in [-0.15, -0.1) is 0 Å². The summed E-state index contributed by atoms with van der Waals surface area (Å²) in [7, 11) is 5.86. The standard InChI is InChI=1S/C15H23N3O/c1-17(2)13-7-5-12(6-8-13)11-18(3)14(19)15(16)9-4-10-15/h5-8H,4,9-11,16H2,1-3H3. The number of likely N-dealkylation sites (N-methyl/N-ethyl adjacent to an activating group) is 1. The molecule has 0 unspecified atom stereocenters. The summed E-state index contributed by atoms with van der Waals surface area (Å²) in [4.78, 5) is 16.0. The largest absolute Gasteiger partial charge is 0.378 e. The van der Waals surface area contributed by atoms with Crippen LogP contribution >= 0.6 is 0 Å². The number of hydrogen-bond acceptors (Lipinski definition) is 3. The van der Waals surface area contributed by atoms with E-state index in [1.807, 2.05) is 21.1 Å². The van der Waals surface area contributed by atoms with Crippen molar-refractivity contribution in [3.63, 3.8) is 0 Å². The van der Waals surface area contributed by atoms with Crippen LogP contribution < -0.4 is 10.6 Å². The molecule has 0 radical (unpaired) electrons. The molecule has 0 atom stereocenters. The first-order valence-corrected chi connectivity index (χ1v) is 6.73. The highest BCUT2D eigenvalue weighted by molar-refractivity contribution is 5.86. The monoisotopic (exact) mass is 261 g/mol. The number of benzene rings is 1. The Morgan fingerprint density at radius 3 is 2.21 bits per heavy atom. The quantitative estimate of drug-likeness (QED) is 0.895. The molecular weight excluding hydrogens is 238 g/mol. The normalized spacial score (nSPS) is 16.6. The van der Waals surface area contributed by atoms with Crippen LogP contribution in [-0.4, -0.2) is 37.5 Å². The van der Waals surface area contributed by atoms with Crippen molar-refractivity contribution in [3.8, 4) is 0 Å². The third-order valence-electron chi connectivity index (χ3n) is 3.89. The summed E-state index contributed by atoms with van der Waals surface area (Å²) in [5, 5.41) is 0. The molecule has 0 heterocycles. The second kappa shape index (κ2) is 5.21. The number of hydrogen-bond donors (Lipinski definition) is 1. The molecule has 19 heavy (non-hydrogen) atoms. The lowest BCUT2D eigenvalue weighted by Crippen LogP contribution is -2.58. The molecule has 1 aromatic carbocycles. The zero-order valence-corrected chi connectivity index (χ0v) is 12.0. The minimum Gasteiger partial charge on any atom is -0.378 e. The Morgan fingerprint density at radius 1 is 1.21 bits per heavy atom. The van der Waals surface area contributed by atoms with Crippen molar-refractivity contribution >= 4 is 11.6 Å². The number of carbonyl (C=O) groups is 1. The first kappa shape index (κ1) is 13.9. The molecule has 0 bridgehead atoms. The summed E-state index contributed by atoms with van der Waals surface area (Å²) < 4.78 is 0. The Hall–Kier alpha value is -1.55. The van der Waals surface area contributed by atoms with Crippen LogP contribution in [0, 0.1) is 0 Å². The molecule has 1 aliphatic rings. The van der Waals surface area contributed by atoms with E-state index >= 15 is 0 Å². The van der Waals surface area contributed by atoms with Crippen LogP contribution in [0.15, 0.2) is 24.3 Å². The van der Waals surface area contributed by atoms with Crippen LogP contribution in [0.1, 0.15) is 24.8 Å². The minimum atomic E-state index is -0.599. The fraction of sp³-hybridized carbons (Fsp3) is 0.533. The number of nitrogens with two attached hydrogens (primary N) is 1. The lowest BCUT2D eigenvalue weighted by Gasteiger charge is -2.39. The van der Waals surface area contributed by atoms with Crippen LogP contribution in [0.4, 0.5) is 5.69 Å². The van der Waals surface area contributed by atoms with Crippen molar-refractivity contribution in [2.24, 2.45) is 5.73 Å². The zero-order chi connectivity index (χ0) is 14.0. The molecule has 4 heteroatoms. The van der Waals surface area contributed by atoms with Crippen LogP contribution in [0.25, 0.3) is 0 Å². The van der Waals surface area contributed by atoms with Gasteiger partial charge >= 0.3 is 0 Å². The molecule has 1 amide bonds. The molecule has 0 aromatic heterocycles. The second-order valence-electron chi connectivity index (χ2n) is 5.73. The van der Waals surface area contributed by atoms with E-state index in [4.69, 9.17) is 5.73 Å². The SMILES string of the molecule is CN(Cc1ccc(N(C)C)cc1)C(=O)C1(N)CCC1. The van der Waals surface area contributed by atoms with Gasteiger partial charge < -0.3 is 15.5 Å². The Labute approximate surface area is 115 Å². The predicted octanol–water partition coefficient (Wildman–Crippen LogP) is 1.59. The summed E-state index contributed by atoms with van der Waals surface area (Å²) in [6.45, 7) is 0.617. The van der Waals surface area contributed by atoms with Gasteiger partial charge in [-0.25, -0.2) is 0 Å². The van der Waals surface area contributed by atoms with Gasteiger partial charge in [-0.05, 0) is 37.0 Å². The third kappa shape index (κ3) is 2.89. The molecule has 1 aromatic rings. The number of amides is 1. The van der Waals surface area contributed by atoms with Crippen LogP contribution in [0.2, 0.25) is 0 Å². The maximum absolute atomic E-state index is 12.2. The molecule has 104 valence electrons. The van der Waals surface area contributed by atoms with Gasteiger partial charge in [-0.3, -0.25) is 4.79 Å². The summed E-state index contributed by atoms with van der Waals surface area (Å²) in [5.74, 6) is 0.0652. The summed E-state index contributed by atoms with van der Waals surface area (Å²) in [6, 6.07) is 8.25. The molecule has 0 spiro atoms. The van der Waals surface area contributed by atoms with Gasteiger partial charge in [-0.2, -0.15) is 0 Å². The third-order valence-corrected chi connectivity index (χ3v) is 3.89. The van der Waals surface area contributed by atoms with Gasteiger partial charge in [0.05, 0.1) is 5.54 Å². The number of rotatable bonds is 4. The van der Waals surface area contributed by atoms with Gasteiger partial charge in [0.15, 0.2) is 0 Å². The fourth-order valence-corrected chi connectivity index (χ4v) is 2.40. The van der Waals surface area contributed by atoms with Gasteiger partial charge in [0, 0.05) is 33.4 Å². The van der Waals surface area contributed by atoms with Crippen LogP contribution in [-0.2, 0) is 11.3 Å². The van der Waals surface area contributed by atoms with Crippen LogP contribution in [0.5, 0.6) is 0 Å². The van der Waals surface area contributed by atoms with E-state index in [1.165, 1.54) is 0 Å². The molecule has 1 saturated carbocycles. The van der Waals surface area contributed by atoms with Crippen molar-refractivity contribution in [2.45, 2.75) is 31.3 Å². The predicted molar refractivity (Wildman–Crippen MR) is 78.0 cm³/mol. The van der Waals surface area contributed by atoms with Crippen molar-refractivity contribution in [3.05, 3.63) is 29.8 Å². The Morgan fingerprint density at radius 2 is 1.79 bits per heavy atom. The average molecular weight is 261 g/mol. The minimum absolute atomic E-state index is 0.0652. The Balaban J connectivity index is 1.98. The average Bonchev–Trinajstić information content (AvgIpc) is 2.35. The summed E-state index contributed by atoms with van der Waals surface area (Å²) >= 11 is 0. The smallest absolute Gasteiger partial charge is 0.242 e. The van der Waals surface area contributed by atoms with Crippen molar-refractivity contribution in [1.82, 2.24) is 4.90 Å². The molecule has 4 nitrogen and oxygen atoms in total. The molecule has 0 aliphatic heterocycles. The van der Waals surface area contributed by atoms with E-state index in [2.05, 4.69) is 29.2 Å². The van der Waals surface area contributed by atoms with E-state index in [9.17, 15) is 4.79 Å². The van der Waals surface area contributed by atoms with Crippen molar-refractivity contribution in [2.75, 3.05) is 26.0 Å². The van der Waals surface area contributed by atoms with Gasteiger partial charge in [0.2, 0.25) is 5.91 Å². The first-order valence-electron chi connectivity index (χ1n) is 6.73. The van der Waals surface area contributed by atoms with E-state index in [0.29, 0.717) is 6.54 Å². The van der Waals surface area contributed by atoms with Crippen LogP contribution in [0.3, 0.4) is 0 Å². The number of carbonyl (C=O) groups excluding carboxylic acids is 1. The topological polar surface area (TPSA) is 49.6 Å². The second-order valence-corrected chi connectivity index (χ2v) is 5.73. The van der Waals surface area contributed by atoms with E-state index in [1.54, 1.807) is 4.90 Å². The molecule has 2 rings (SSSR count). The van der Waals surface area contributed by atoms with E-state index in [0.717, 1.165) is 30.5 Å². The highest BCUT2D eigenvalue weighted by atomic mass is 16.2. The first-order chi connectivity index (χ1) is 8.92. The summed E-state index contributed by atoms with van der Waals surface area (Å²) in [5.41, 5.74) is 7.76. The molecule has 1 aliphatic carbocycles. The molecular formula is C15H23N3O. The lowest BCUT2D eigenvalue weighted by atomic mass is 9.76. The maximum atomic E-state index is 12.2. The van der Waals surface area contributed by atoms with Gasteiger partial charge in [-0.1, -0.05) is 12.1 Å². The number of anilines is 1. The Bertz CT molecular complexity index is 449. The number of nitrogens with zero attached hydrogens (tertiary/aromatic N) is 2. The van der Waals surface area contributed by atoms with Gasteiger partial charge in [0.1, 0.15) is 0 Å². The molecule has 2 N–H and O–H groups in total. The maximum Gasteiger partial charge on any atom is 0.242 e. The lowest BCUT2D eigenvalue weighted by molar-refractivity contribution is -0.139. The molecule has 0 saturated heterocycles. The van der Waals surface area contributed by atoms with E-state index in [-0.39, 0.29) is 5.91 Å². The van der Waals surface area contributed by atoms with Crippen molar-refractivity contribution in [1.29, 1.82) is 0 Å². The Kier molecular flexibility index (Phi) is 3.80. The highest BCUT2D eigenvalue weighted by Gasteiger charge is 2.41. The zero-order valence-electron chi connectivity index (χ0n) is 12.0. The fourth-order valence-electron chi connectivity index (χ4n) is 2.40. The molecule has 1 fully saturated rings.